The Labute approximate surface area is 381 Å². The number of rotatable bonds is 10. The second-order valence-corrected chi connectivity index (χ2v) is 22.3. The van der Waals surface area contributed by atoms with E-state index in [9.17, 15) is 0 Å². The number of fused-ring (bicyclic) bond motifs is 4. The molecule has 4 heteroatoms. The van der Waals surface area contributed by atoms with Gasteiger partial charge in [0.25, 0.3) is 0 Å². The van der Waals surface area contributed by atoms with E-state index >= 15 is 0 Å². The van der Waals surface area contributed by atoms with Gasteiger partial charge in [-0.25, -0.2) is 0 Å². The van der Waals surface area contributed by atoms with Crippen LogP contribution in [0.1, 0.15) is 89.2 Å². The average Bonchev–Trinajstić information content (AvgIpc) is 3.86. The third kappa shape index (κ3) is 10.5. The van der Waals surface area contributed by atoms with Gasteiger partial charge in [-0.2, -0.15) is 12.1 Å². The zero-order valence-corrected chi connectivity index (χ0v) is 41.1. The first kappa shape index (κ1) is 44.8. The normalized spacial score (nSPS) is 14.8. The Kier molecular flexibility index (Phi) is 15.8. The van der Waals surface area contributed by atoms with Crippen molar-refractivity contribution in [2.45, 2.75) is 104 Å². The molecule has 306 valence electrons. The second-order valence-electron chi connectivity index (χ2n) is 17.6. The Morgan fingerprint density at radius 3 is 1.25 bits per heavy atom. The first-order chi connectivity index (χ1) is 29.4. The van der Waals surface area contributed by atoms with Crippen LogP contribution in [0.4, 0.5) is 0 Å². The molecule has 8 aromatic rings. The zero-order valence-electron chi connectivity index (χ0n) is 36.1. The van der Waals surface area contributed by atoms with Gasteiger partial charge in [-0.3, -0.25) is 0 Å². The van der Waals surface area contributed by atoms with Crippen LogP contribution < -0.4 is 0 Å². The van der Waals surface area contributed by atoms with Crippen molar-refractivity contribution in [2.24, 2.45) is 10.8 Å². The molecule has 60 heavy (non-hydrogen) atoms. The van der Waals surface area contributed by atoms with Crippen LogP contribution in [0, 0.1) is 10.8 Å². The van der Waals surface area contributed by atoms with Gasteiger partial charge in [0.15, 0.2) is 0 Å². The van der Waals surface area contributed by atoms with Gasteiger partial charge in [0, 0.05) is 9.52 Å². The second kappa shape index (κ2) is 21.2. The van der Waals surface area contributed by atoms with Gasteiger partial charge in [0.2, 0.25) is 0 Å². The summed E-state index contributed by atoms with van der Waals surface area (Å²) in [4.78, 5) is 0. The molecule has 0 heterocycles. The molecule has 0 amide bonds. The zero-order chi connectivity index (χ0) is 42.0. The predicted octanol–water partition coefficient (Wildman–Crippen LogP) is 17.9. The molecule has 0 saturated heterocycles. The summed E-state index contributed by atoms with van der Waals surface area (Å²) in [6, 6.07) is 54.3. The molecule has 2 radical (unpaired) electrons. The Morgan fingerprint density at radius 1 is 0.517 bits per heavy atom. The topological polar surface area (TPSA) is 0 Å². The fourth-order valence-electron chi connectivity index (χ4n) is 10.3. The quantitative estimate of drug-likeness (QED) is 0.0947. The van der Waals surface area contributed by atoms with E-state index in [1.54, 1.807) is 0 Å². The number of benzene rings is 6. The fraction of sp³-hybridized carbons (Fsp3) is 0.321. The molecule has 0 bridgehead atoms. The molecule has 0 spiro atoms. The molecule has 0 nitrogen and oxygen atoms in total. The van der Waals surface area contributed by atoms with E-state index < -0.39 is 20.8 Å². The van der Waals surface area contributed by atoms with Crippen molar-refractivity contribution in [3.05, 3.63) is 157 Å². The summed E-state index contributed by atoms with van der Waals surface area (Å²) in [6.45, 7) is 8.97. The summed E-state index contributed by atoms with van der Waals surface area (Å²) < 4.78 is 0. The minimum absolute atomic E-state index is 0.586. The van der Waals surface area contributed by atoms with E-state index in [1.807, 2.05) is 0 Å². The maximum absolute atomic E-state index is 4.93. The molecule has 2 fully saturated rings. The summed E-state index contributed by atoms with van der Waals surface area (Å²) in [7, 11) is 11.0. The molecule has 10 rings (SSSR count). The molecule has 0 unspecified atom stereocenters. The molecule has 0 N–H and O–H groups in total. The fourth-order valence-corrected chi connectivity index (χ4v) is 10.3. The monoisotopic (exact) mass is 920 g/mol. The van der Waals surface area contributed by atoms with Crippen molar-refractivity contribution in [1.82, 2.24) is 0 Å². The van der Waals surface area contributed by atoms with Crippen LogP contribution in [0.3, 0.4) is 0 Å². The van der Waals surface area contributed by atoms with Crippen LogP contribution in [0.25, 0.3) is 65.3 Å². The Bertz CT molecular complexity index is 2420. The molecule has 0 atom stereocenters. The molecular weight excluding hydrogens is 863 g/mol. The van der Waals surface area contributed by atoms with E-state index in [-0.39, 0.29) is 0 Å². The van der Waals surface area contributed by atoms with E-state index in [1.165, 1.54) is 154 Å². The van der Waals surface area contributed by atoms with Crippen LogP contribution in [-0.4, -0.2) is 9.52 Å². The predicted molar refractivity (Wildman–Crippen MR) is 264 cm³/mol. The van der Waals surface area contributed by atoms with Crippen LogP contribution in [0.5, 0.6) is 0 Å². The third-order valence-electron chi connectivity index (χ3n) is 13.3. The average molecular weight is 923 g/mol. The molecule has 2 saturated carbocycles. The molecule has 2 aliphatic rings. The van der Waals surface area contributed by atoms with Crippen LogP contribution in [-0.2, 0) is 33.7 Å². The van der Waals surface area contributed by atoms with Crippen LogP contribution in [0.15, 0.2) is 146 Å². The van der Waals surface area contributed by atoms with Gasteiger partial charge in [-0.15, -0.1) is 69.1 Å². The van der Waals surface area contributed by atoms with Crippen molar-refractivity contribution in [2.75, 3.05) is 0 Å². The summed E-state index contributed by atoms with van der Waals surface area (Å²) in [5, 5.41) is 10.8. The maximum atomic E-state index is 4.93. The molecule has 0 aliphatic heterocycles. The van der Waals surface area contributed by atoms with Gasteiger partial charge in [0.1, 0.15) is 0 Å². The number of halogens is 2. The third-order valence-corrected chi connectivity index (χ3v) is 13.3. The van der Waals surface area contributed by atoms with E-state index in [2.05, 4.69) is 173 Å². The van der Waals surface area contributed by atoms with E-state index in [0.717, 1.165) is 9.52 Å². The Hall–Kier alpha value is -3.26. The van der Waals surface area contributed by atoms with Crippen molar-refractivity contribution in [3.8, 4) is 22.3 Å². The molecule has 8 aromatic carbocycles. The summed E-state index contributed by atoms with van der Waals surface area (Å²) >= 11 is -0.826. The Balaban J connectivity index is 0.000000161. The summed E-state index contributed by atoms with van der Waals surface area (Å²) in [5.74, 6) is 0. The van der Waals surface area contributed by atoms with Gasteiger partial charge >= 0.3 is 37.9 Å². The van der Waals surface area contributed by atoms with Gasteiger partial charge in [0.05, 0.1) is 0 Å². The standard InChI is InChI=1S/2C27H27.C2H6Si.2ClH.Zr/c2*1-2-13-27(14-6-15-27)19-20-16-23-9-5-10-25(26(23)17-20)24-12-11-21-7-3-4-8-22(21)18-24;1-3-2;;;/h2*3-5,7-12,16-18H,2,6,13-15,19H2,1H3;1-2H3;2*1H;/q2*-1;;;;+4/p-2. The molecular formula is C56H60Cl2SiZr. The van der Waals surface area contributed by atoms with Gasteiger partial charge < -0.3 is 0 Å². The summed E-state index contributed by atoms with van der Waals surface area (Å²) in [5.41, 5.74) is 9.61. The summed E-state index contributed by atoms with van der Waals surface area (Å²) in [6.07, 6.45) is 16.4. The SMILES string of the molecule is CCCC1(Cc2cc3c(-c4ccc5ccccc5c4)cccc3[cH-]2)CCC1.CCCC1(Cc2cc3c(-c4ccc5ccccc5c4)cccc3[cH-]2)CCC1.C[Si]C.[Cl][Zr+2][Cl]. The number of hydrogen-bond donors (Lipinski definition) is 0. The first-order valence-corrected chi connectivity index (χ1v) is 30.6. The number of hydrogen-bond acceptors (Lipinski definition) is 0. The molecule has 0 aromatic heterocycles. The van der Waals surface area contributed by atoms with Gasteiger partial charge in [-0.05, 0) is 107 Å². The minimum atomic E-state index is -0.826. The van der Waals surface area contributed by atoms with Crippen LogP contribution >= 0.6 is 17.0 Å². The Morgan fingerprint density at radius 2 is 0.900 bits per heavy atom. The van der Waals surface area contributed by atoms with Crippen molar-refractivity contribution in [1.29, 1.82) is 0 Å². The van der Waals surface area contributed by atoms with E-state index in [4.69, 9.17) is 17.0 Å². The van der Waals surface area contributed by atoms with Crippen LogP contribution in [0.2, 0.25) is 13.1 Å². The molecule has 2 aliphatic carbocycles. The van der Waals surface area contributed by atoms with Gasteiger partial charge in [-0.1, -0.05) is 149 Å². The van der Waals surface area contributed by atoms with E-state index in [0.29, 0.717) is 10.8 Å². The van der Waals surface area contributed by atoms with Crippen molar-refractivity contribution >= 4 is 69.6 Å². The first-order valence-electron chi connectivity index (χ1n) is 22.3. The van der Waals surface area contributed by atoms with Crippen molar-refractivity contribution < 1.29 is 20.8 Å². The van der Waals surface area contributed by atoms with Crippen molar-refractivity contribution in [3.63, 3.8) is 0 Å².